The molecule has 3 aromatic rings. The second-order valence-corrected chi connectivity index (χ2v) is 9.42. The van der Waals surface area contributed by atoms with E-state index in [0.717, 1.165) is 11.1 Å². The maximum Gasteiger partial charge on any atom is 0.335 e. The number of nitrogens with zero attached hydrogens (tertiary/aromatic N) is 1. The van der Waals surface area contributed by atoms with Gasteiger partial charge in [0.2, 0.25) is 5.91 Å². The van der Waals surface area contributed by atoms with Crippen LogP contribution in [0.5, 0.6) is 0 Å². The number of anilines is 2. The summed E-state index contributed by atoms with van der Waals surface area (Å²) in [6.07, 6.45) is 0.164. The summed E-state index contributed by atoms with van der Waals surface area (Å²) in [6, 6.07) is 20.5. The Morgan fingerprint density at radius 3 is 1.95 bits per heavy atom. The number of carbonyl (C=O) groups is 3. The lowest BCUT2D eigenvalue weighted by Gasteiger charge is -2.24. The zero-order valence-corrected chi connectivity index (χ0v) is 21.1. The minimum atomic E-state index is -0.973. The summed E-state index contributed by atoms with van der Waals surface area (Å²) in [4.78, 5) is 38.8. The Labute approximate surface area is 216 Å². The van der Waals surface area contributed by atoms with Gasteiger partial charge < -0.3 is 25.4 Å². The van der Waals surface area contributed by atoms with E-state index in [9.17, 15) is 14.4 Å². The van der Waals surface area contributed by atoms with Gasteiger partial charge in [0.05, 0.1) is 11.7 Å². The van der Waals surface area contributed by atoms with Crippen molar-refractivity contribution in [3.63, 3.8) is 0 Å². The molecule has 0 bridgehead atoms. The number of hydrogen-bond acceptors (Lipinski definition) is 4. The minimum absolute atomic E-state index is 0.222. The predicted molar refractivity (Wildman–Crippen MR) is 143 cm³/mol. The third kappa shape index (κ3) is 6.16. The highest BCUT2D eigenvalue weighted by molar-refractivity contribution is 6.00. The molecule has 3 amide bonds. The van der Waals surface area contributed by atoms with Crippen molar-refractivity contribution in [2.24, 2.45) is 0 Å². The van der Waals surface area contributed by atoms with E-state index in [-0.39, 0.29) is 23.6 Å². The Balaban J connectivity index is 1.42. The van der Waals surface area contributed by atoms with E-state index in [4.69, 9.17) is 9.84 Å². The van der Waals surface area contributed by atoms with Crippen LogP contribution in [-0.2, 0) is 9.53 Å². The molecule has 1 fully saturated rings. The van der Waals surface area contributed by atoms with Gasteiger partial charge in [-0.3, -0.25) is 4.79 Å². The van der Waals surface area contributed by atoms with Gasteiger partial charge in [-0.1, -0.05) is 50.2 Å². The summed E-state index contributed by atoms with van der Waals surface area (Å²) in [7, 11) is 1.58. The number of amides is 3. The highest BCUT2D eigenvalue weighted by Gasteiger charge is 2.40. The van der Waals surface area contributed by atoms with Gasteiger partial charge >= 0.3 is 12.0 Å². The van der Waals surface area contributed by atoms with Crippen molar-refractivity contribution in [1.29, 1.82) is 0 Å². The minimum Gasteiger partial charge on any atom is -0.478 e. The molecule has 4 rings (SSSR count). The second-order valence-electron chi connectivity index (χ2n) is 9.42. The maximum atomic E-state index is 13.2. The first-order chi connectivity index (χ1) is 17.7. The fourth-order valence-electron chi connectivity index (χ4n) is 4.36. The molecule has 0 spiro atoms. The molecule has 0 radical (unpaired) electrons. The van der Waals surface area contributed by atoms with Crippen LogP contribution >= 0.6 is 0 Å². The van der Waals surface area contributed by atoms with Crippen LogP contribution in [0.15, 0.2) is 72.8 Å². The number of aromatic carboxylic acids is 1. The van der Waals surface area contributed by atoms with Crippen LogP contribution < -0.4 is 10.6 Å². The Bertz CT molecular complexity index is 1250. The molecule has 0 unspecified atom stereocenters. The number of likely N-dealkylation sites (tertiary alicyclic amines) is 1. The number of urea groups is 1. The number of carbonyl (C=O) groups excluding carboxylic acids is 2. The van der Waals surface area contributed by atoms with Crippen molar-refractivity contribution >= 4 is 29.3 Å². The fourth-order valence-corrected chi connectivity index (χ4v) is 4.36. The number of hydrogen-bond donors (Lipinski definition) is 3. The number of carboxylic acids is 1. The topological polar surface area (TPSA) is 108 Å². The van der Waals surface area contributed by atoms with Gasteiger partial charge in [-0.15, -0.1) is 0 Å². The monoisotopic (exact) mass is 501 g/mol. The predicted octanol–water partition coefficient (Wildman–Crippen LogP) is 5.44. The Hall–Kier alpha value is -4.17. The highest BCUT2D eigenvalue weighted by atomic mass is 16.5. The quantitative estimate of drug-likeness (QED) is 0.400. The molecule has 0 saturated carbocycles. The summed E-state index contributed by atoms with van der Waals surface area (Å²) in [6.45, 7) is 4.53. The average molecular weight is 502 g/mol. The smallest absolute Gasteiger partial charge is 0.335 e. The molecule has 8 nitrogen and oxygen atoms in total. The second kappa shape index (κ2) is 11.3. The van der Waals surface area contributed by atoms with Crippen LogP contribution in [-0.4, -0.2) is 53.7 Å². The van der Waals surface area contributed by atoms with Gasteiger partial charge in [0.15, 0.2) is 0 Å². The molecular weight excluding hydrogens is 470 g/mol. The van der Waals surface area contributed by atoms with Gasteiger partial charge in [0, 0.05) is 31.5 Å². The third-order valence-corrected chi connectivity index (χ3v) is 6.61. The first-order valence-electron chi connectivity index (χ1n) is 12.2. The number of nitrogens with one attached hydrogen (secondary N) is 2. The summed E-state index contributed by atoms with van der Waals surface area (Å²) < 4.78 is 5.46. The third-order valence-electron chi connectivity index (χ3n) is 6.61. The van der Waals surface area contributed by atoms with Crippen LogP contribution in [0, 0.1) is 0 Å². The zero-order valence-electron chi connectivity index (χ0n) is 21.1. The molecule has 3 aromatic carbocycles. The Morgan fingerprint density at radius 1 is 0.865 bits per heavy atom. The number of methoxy groups -OCH3 is 1. The number of benzene rings is 3. The Morgan fingerprint density at radius 2 is 1.41 bits per heavy atom. The van der Waals surface area contributed by atoms with Crippen molar-refractivity contribution in [2.75, 3.05) is 24.3 Å². The van der Waals surface area contributed by atoms with Crippen LogP contribution in [0.25, 0.3) is 11.1 Å². The van der Waals surface area contributed by atoms with Gasteiger partial charge in [0.1, 0.15) is 6.04 Å². The standard InChI is InChI=1S/C29H31N3O5/c1-18(2)19-8-12-24(13-9-19)31-29(36)32-17-25(37-3)16-26(32)27(33)30-23-14-10-21(11-15-23)20-4-6-22(7-5-20)28(34)35/h4-15,18,25-26H,16-17H2,1-3H3,(H,30,33)(H,31,36)(H,34,35)/t25-,26-/m1/s1. The summed E-state index contributed by atoms with van der Waals surface area (Å²) in [5.41, 5.74) is 4.42. The summed E-state index contributed by atoms with van der Waals surface area (Å²) in [5.74, 6) is -0.868. The van der Waals surface area contributed by atoms with Crippen molar-refractivity contribution in [2.45, 2.75) is 38.3 Å². The SMILES string of the molecule is CO[C@@H]1C[C@H](C(=O)Nc2ccc(-c3ccc(C(=O)O)cc3)cc2)N(C(=O)Nc2ccc(C(C)C)cc2)C1. The van der Waals surface area contributed by atoms with Crippen molar-refractivity contribution in [1.82, 2.24) is 4.90 Å². The number of ether oxygens (including phenoxy) is 1. The molecule has 192 valence electrons. The number of rotatable bonds is 7. The summed E-state index contributed by atoms with van der Waals surface area (Å²) >= 11 is 0. The van der Waals surface area contributed by atoms with Crippen LogP contribution in [0.3, 0.4) is 0 Å². The first kappa shape index (κ1) is 25.9. The van der Waals surface area contributed by atoms with E-state index in [1.165, 1.54) is 10.5 Å². The molecule has 8 heteroatoms. The molecule has 0 aliphatic carbocycles. The first-order valence-corrected chi connectivity index (χ1v) is 12.2. The highest BCUT2D eigenvalue weighted by Crippen LogP contribution is 2.26. The molecule has 0 aromatic heterocycles. The van der Waals surface area contributed by atoms with Crippen LogP contribution in [0.2, 0.25) is 0 Å². The van der Waals surface area contributed by atoms with E-state index in [1.54, 1.807) is 43.5 Å². The largest absolute Gasteiger partial charge is 0.478 e. The van der Waals surface area contributed by atoms with E-state index in [1.807, 2.05) is 36.4 Å². The van der Waals surface area contributed by atoms with E-state index >= 15 is 0 Å². The lowest BCUT2D eigenvalue weighted by molar-refractivity contribution is -0.119. The molecule has 1 aliphatic rings. The van der Waals surface area contributed by atoms with E-state index in [0.29, 0.717) is 30.3 Å². The van der Waals surface area contributed by atoms with E-state index < -0.39 is 12.0 Å². The Kier molecular flexibility index (Phi) is 7.89. The average Bonchev–Trinajstić information content (AvgIpc) is 3.35. The lowest BCUT2D eigenvalue weighted by atomic mass is 10.0. The normalized spacial score (nSPS) is 17.0. The van der Waals surface area contributed by atoms with Crippen molar-refractivity contribution in [3.05, 3.63) is 83.9 Å². The fraction of sp³-hybridized carbons (Fsp3) is 0.276. The van der Waals surface area contributed by atoms with Gasteiger partial charge in [-0.05, 0) is 59.0 Å². The van der Waals surface area contributed by atoms with Gasteiger partial charge in [0.25, 0.3) is 0 Å². The number of carboxylic acid groups (broad SMARTS) is 1. The van der Waals surface area contributed by atoms with Gasteiger partial charge in [-0.25, -0.2) is 9.59 Å². The molecule has 1 aliphatic heterocycles. The van der Waals surface area contributed by atoms with Crippen molar-refractivity contribution < 1.29 is 24.2 Å². The molecule has 3 N–H and O–H groups in total. The molecule has 1 heterocycles. The molecular formula is C29H31N3O5. The van der Waals surface area contributed by atoms with Crippen LogP contribution in [0.1, 0.15) is 42.1 Å². The van der Waals surface area contributed by atoms with Crippen molar-refractivity contribution in [3.8, 4) is 11.1 Å². The molecule has 2 atom stereocenters. The summed E-state index contributed by atoms with van der Waals surface area (Å²) in [5, 5.41) is 14.9. The van der Waals surface area contributed by atoms with Crippen LogP contribution in [0.4, 0.5) is 16.2 Å². The van der Waals surface area contributed by atoms with Gasteiger partial charge in [-0.2, -0.15) is 0 Å². The maximum absolute atomic E-state index is 13.2. The van der Waals surface area contributed by atoms with E-state index in [2.05, 4.69) is 24.5 Å². The molecule has 37 heavy (non-hydrogen) atoms. The lowest BCUT2D eigenvalue weighted by Crippen LogP contribution is -2.45. The molecule has 1 saturated heterocycles. The zero-order chi connectivity index (χ0) is 26.5.